The van der Waals surface area contributed by atoms with Gasteiger partial charge in [0, 0.05) is 44.1 Å². The lowest BCUT2D eigenvalue weighted by Gasteiger charge is -2.34. The van der Waals surface area contributed by atoms with Crippen LogP contribution in [-0.2, 0) is 11.2 Å². The summed E-state index contributed by atoms with van der Waals surface area (Å²) in [6.45, 7) is 4.54. The van der Waals surface area contributed by atoms with Gasteiger partial charge in [-0.3, -0.25) is 4.79 Å². The van der Waals surface area contributed by atoms with Crippen molar-refractivity contribution in [2.75, 3.05) is 26.7 Å². The van der Waals surface area contributed by atoms with E-state index >= 15 is 0 Å². The highest BCUT2D eigenvalue weighted by atomic mass is 35.5. The zero-order chi connectivity index (χ0) is 16.9. The van der Waals surface area contributed by atoms with Crippen molar-refractivity contribution in [3.8, 4) is 17.1 Å². The molecule has 1 fully saturated rings. The predicted molar refractivity (Wildman–Crippen MR) is 105 cm³/mol. The highest BCUT2D eigenvalue weighted by molar-refractivity contribution is 5.85. The van der Waals surface area contributed by atoms with E-state index in [9.17, 15) is 4.79 Å². The number of halogens is 2. The van der Waals surface area contributed by atoms with E-state index in [0.717, 1.165) is 30.9 Å². The van der Waals surface area contributed by atoms with Gasteiger partial charge >= 0.3 is 0 Å². The van der Waals surface area contributed by atoms with Crippen LogP contribution in [0.5, 0.6) is 5.75 Å². The molecule has 1 atom stereocenters. The molecule has 26 heavy (non-hydrogen) atoms. The van der Waals surface area contributed by atoms with Crippen LogP contribution in [0.15, 0.2) is 34.9 Å². The van der Waals surface area contributed by atoms with E-state index < -0.39 is 0 Å². The highest BCUT2D eigenvalue weighted by Gasteiger charge is 2.23. The Balaban J connectivity index is 0.00000169. The van der Waals surface area contributed by atoms with Crippen LogP contribution in [0.3, 0.4) is 0 Å². The fourth-order valence-corrected chi connectivity index (χ4v) is 2.88. The summed E-state index contributed by atoms with van der Waals surface area (Å²) in [6, 6.07) is 7.86. The van der Waals surface area contributed by atoms with Crippen LogP contribution < -0.4 is 10.1 Å². The molecule has 2 heterocycles. The second-order valence-corrected chi connectivity index (χ2v) is 5.99. The van der Waals surface area contributed by atoms with Gasteiger partial charge in [0.2, 0.25) is 5.91 Å². The number of carbonyl (C=O) groups excluding carboxylic acids is 1. The Bertz CT molecular complexity index is 691. The number of carbonyl (C=O) groups is 1. The van der Waals surface area contributed by atoms with Crippen LogP contribution in [0.4, 0.5) is 0 Å². The molecule has 0 aliphatic carbocycles. The van der Waals surface area contributed by atoms with Crippen LogP contribution >= 0.6 is 24.8 Å². The quantitative estimate of drug-likeness (QED) is 0.833. The van der Waals surface area contributed by atoms with Crippen LogP contribution in [0.2, 0.25) is 0 Å². The van der Waals surface area contributed by atoms with Crippen molar-refractivity contribution < 1.29 is 13.9 Å². The van der Waals surface area contributed by atoms with Gasteiger partial charge in [-0.25, -0.2) is 4.98 Å². The van der Waals surface area contributed by atoms with Crippen molar-refractivity contribution >= 4 is 30.7 Å². The molecule has 1 amide bonds. The van der Waals surface area contributed by atoms with Crippen molar-refractivity contribution in [2.24, 2.45) is 0 Å². The lowest BCUT2D eigenvalue weighted by molar-refractivity contribution is -0.134. The fourth-order valence-electron chi connectivity index (χ4n) is 2.88. The maximum absolute atomic E-state index is 12.3. The molecule has 1 aliphatic heterocycles. The summed E-state index contributed by atoms with van der Waals surface area (Å²) in [5.74, 6) is 2.26. The molecule has 3 rings (SSSR count). The third-order valence-electron chi connectivity index (χ3n) is 4.30. The van der Waals surface area contributed by atoms with Gasteiger partial charge in [0.15, 0.2) is 11.7 Å². The van der Waals surface area contributed by atoms with E-state index in [2.05, 4.69) is 17.2 Å². The van der Waals surface area contributed by atoms with E-state index in [0.29, 0.717) is 24.5 Å². The standard InChI is InChI=1S/C18H23N3O3.2ClH/c1-13-11-19-9-10-21(13)18(22)8-7-17-20-12-16(24-17)14-3-5-15(23-2)6-4-14;;/h3-6,12-13,19H,7-11H2,1-2H3;2*1H/t13-;;/m1../s1. The number of oxazole rings is 1. The first kappa shape index (κ1) is 22.3. The average Bonchev–Trinajstić information content (AvgIpc) is 3.09. The number of nitrogens with zero attached hydrogens (tertiary/aromatic N) is 2. The van der Waals surface area contributed by atoms with Crippen molar-refractivity contribution in [2.45, 2.75) is 25.8 Å². The fraction of sp³-hybridized carbons (Fsp3) is 0.444. The number of ether oxygens (including phenoxy) is 1. The molecule has 0 radical (unpaired) electrons. The average molecular weight is 402 g/mol. The lowest BCUT2D eigenvalue weighted by Crippen LogP contribution is -2.52. The summed E-state index contributed by atoms with van der Waals surface area (Å²) >= 11 is 0. The third-order valence-corrected chi connectivity index (χ3v) is 4.30. The summed E-state index contributed by atoms with van der Waals surface area (Å²) < 4.78 is 10.9. The van der Waals surface area contributed by atoms with Crippen LogP contribution in [0.25, 0.3) is 11.3 Å². The van der Waals surface area contributed by atoms with Crippen molar-refractivity contribution in [3.05, 3.63) is 36.4 Å². The second-order valence-electron chi connectivity index (χ2n) is 5.99. The van der Waals surface area contributed by atoms with Crippen LogP contribution in [-0.4, -0.2) is 48.6 Å². The minimum atomic E-state index is 0. The van der Waals surface area contributed by atoms with E-state index in [-0.39, 0.29) is 36.8 Å². The van der Waals surface area contributed by atoms with Crippen molar-refractivity contribution in [1.82, 2.24) is 15.2 Å². The van der Waals surface area contributed by atoms with Gasteiger partial charge in [-0.05, 0) is 31.2 Å². The molecule has 1 saturated heterocycles. The number of amides is 1. The third kappa shape index (κ3) is 5.37. The second kappa shape index (κ2) is 10.4. The van der Waals surface area contributed by atoms with Gasteiger partial charge in [-0.15, -0.1) is 24.8 Å². The summed E-state index contributed by atoms with van der Waals surface area (Å²) in [4.78, 5) is 18.6. The Labute approximate surface area is 166 Å². The molecule has 144 valence electrons. The SMILES string of the molecule is COc1ccc(-c2cnc(CCC(=O)N3CCNC[C@H]3C)o2)cc1.Cl.Cl. The number of aromatic nitrogens is 1. The molecule has 1 N–H and O–H groups in total. The van der Waals surface area contributed by atoms with Gasteiger partial charge in [0.1, 0.15) is 5.75 Å². The normalized spacial score (nSPS) is 16.4. The minimum Gasteiger partial charge on any atom is -0.497 e. The molecule has 2 aromatic rings. The van der Waals surface area contributed by atoms with Gasteiger partial charge in [-0.2, -0.15) is 0 Å². The first-order valence-electron chi connectivity index (χ1n) is 8.26. The summed E-state index contributed by atoms with van der Waals surface area (Å²) in [5.41, 5.74) is 0.941. The van der Waals surface area contributed by atoms with Crippen molar-refractivity contribution in [1.29, 1.82) is 0 Å². The van der Waals surface area contributed by atoms with Gasteiger partial charge in [0.25, 0.3) is 0 Å². The monoisotopic (exact) mass is 401 g/mol. The van der Waals surface area contributed by atoms with Crippen molar-refractivity contribution in [3.63, 3.8) is 0 Å². The topological polar surface area (TPSA) is 67.6 Å². The summed E-state index contributed by atoms with van der Waals surface area (Å²) in [6.07, 6.45) is 2.65. The molecule has 6 nitrogen and oxygen atoms in total. The Morgan fingerprint density at radius 3 is 2.73 bits per heavy atom. The maximum Gasteiger partial charge on any atom is 0.223 e. The molecule has 0 saturated carbocycles. The molecule has 1 aliphatic rings. The zero-order valence-corrected chi connectivity index (χ0v) is 16.6. The Hall–Kier alpha value is -1.76. The van der Waals surface area contributed by atoms with Gasteiger partial charge in [-0.1, -0.05) is 0 Å². The Morgan fingerprint density at radius 1 is 1.35 bits per heavy atom. The highest BCUT2D eigenvalue weighted by Crippen LogP contribution is 2.23. The first-order valence-corrected chi connectivity index (χ1v) is 8.26. The molecule has 8 heteroatoms. The van der Waals surface area contributed by atoms with Gasteiger partial charge < -0.3 is 19.4 Å². The number of hydrogen-bond donors (Lipinski definition) is 1. The van der Waals surface area contributed by atoms with E-state index in [1.807, 2.05) is 29.2 Å². The molecular weight excluding hydrogens is 377 g/mol. The van der Waals surface area contributed by atoms with Crippen LogP contribution in [0.1, 0.15) is 19.2 Å². The van der Waals surface area contributed by atoms with Gasteiger partial charge in [0.05, 0.1) is 13.3 Å². The number of rotatable bonds is 5. The first-order chi connectivity index (χ1) is 11.7. The molecular formula is C18H25Cl2N3O3. The number of hydrogen-bond acceptors (Lipinski definition) is 5. The smallest absolute Gasteiger partial charge is 0.223 e. The Morgan fingerprint density at radius 2 is 2.08 bits per heavy atom. The number of nitrogens with one attached hydrogen (secondary N) is 1. The largest absolute Gasteiger partial charge is 0.497 e. The Kier molecular flexibility index (Phi) is 8.92. The number of benzene rings is 1. The lowest BCUT2D eigenvalue weighted by atomic mass is 10.2. The summed E-state index contributed by atoms with van der Waals surface area (Å²) in [7, 11) is 1.64. The van der Waals surface area contributed by atoms with E-state index in [4.69, 9.17) is 9.15 Å². The van der Waals surface area contributed by atoms with Crippen LogP contribution in [0, 0.1) is 0 Å². The van der Waals surface area contributed by atoms with E-state index in [1.54, 1.807) is 13.3 Å². The number of aryl methyl sites for hydroxylation is 1. The number of methoxy groups -OCH3 is 1. The zero-order valence-electron chi connectivity index (χ0n) is 14.9. The molecule has 0 unspecified atom stereocenters. The molecule has 1 aromatic carbocycles. The predicted octanol–water partition coefficient (Wildman–Crippen LogP) is 2.95. The number of piperazine rings is 1. The van der Waals surface area contributed by atoms with E-state index in [1.165, 1.54) is 0 Å². The maximum atomic E-state index is 12.3. The minimum absolute atomic E-state index is 0. The molecule has 0 spiro atoms. The summed E-state index contributed by atoms with van der Waals surface area (Å²) in [5, 5.41) is 3.29. The molecule has 0 bridgehead atoms. The molecule has 1 aromatic heterocycles.